The molecule has 25 heavy (non-hydrogen) atoms. The molecule has 1 aliphatic rings. The van der Waals surface area contributed by atoms with E-state index >= 15 is 0 Å². The molecular formula is C17H25ClN2O4S. The number of carbonyl (C=O) groups excluding carboxylic acids is 3. The summed E-state index contributed by atoms with van der Waals surface area (Å²) in [7, 11) is 0. The van der Waals surface area contributed by atoms with E-state index in [9.17, 15) is 14.4 Å². The lowest BCUT2D eigenvalue weighted by Gasteiger charge is -2.31. The van der Waals surface area contributed by atoms with Crippen LogP contribution in [0.15, 0.2) is 16.8 Å². The third-order valence-corrected chi connectivity index (χ3v) is 4.91. The Balaban J connectivity index is 2.84. The molecule has 0 spiro atoms. The number of carbonyl (C=O) groups is 3. The number of rotatable bonds is 9. The summed E-state index contributed by atoms with van der Waals surface area (Å²) in [6.45, 7) is 5.74. The van der Waals surface area contributed by atoms with Crippen molar-refractivity contribution in [1.82, 2.24) is 4.90 Å². The predicted octanol–water partition coefficient (Wildman–Crippen LogP) is 2.65. The third kappa shape index (κ3) is 6.47. The van der Waals surface area contributed by atoms with Crippen LogP contribution in [0.2, 0.25) is 0 Å². The van der Waals surface area contributed by atoms with Crippen LogP contribution in [-0.2, 0) is 19.2 Å². The van der Waals surface area contributed by atoms with Crippen LogP contribution in [0.3, 0.4) is 0 Å². The minimum atomic E-state index is -0.918. The van der Waals surface area contributed by atoms with Crippen LogP contribution in [0.25, 0.3) is 0 Å². The zero-order chi connectivity index (χ0) is 18.8. The van der Waals surface area contributed by atoms with Gasteiger partial charge < -0.3 is 9.74 Å². The summed E-state index contributed by atoms with van der Waals surface area (Å²) in [6.07, 6.45) is 2.78. The highest BCUT2D eigenvalue weighted by atomic mass is 35.5. The molecule has 1 aliphatic heterocycles. The van der Waals surface area contributed by atoms with Crippen molar-refractivity contribution in [3.8, 4) is 0 Å². The van der Waals surface area contributed by atoms with E-state index in [1.165, 1.54) is 22.2 Å². The monoisotopic (exact) mass is 388 g/mol. The minimum Gasteiger partial charge on any atom is -0.392 e. The summed E-state index contributed by atoms with van der Waals surface area (Å²) >= 11 is 6.90. The van der Waals surface area contributed by atoms with Crippen molar-refractivity contribution in [2.24, 2.45) is 11.1 Å². The Morgan fingerprint density at radius 2 is 2.04 bits per heavy atom. The van der Waals surface area contributed by atoms with Gasteiger partial charge in [0.25, 0.3) is 0 Å². The number of oxime groups is 1. The zero-order valence-electron chi connectivity index (χ0n) is 14.9. The summed E-state index contributed by atoms with van der Waals surface area (Å²) in [5.41, 5.74) is 1.73. The number of likely N-dealkylation sites (tertiary alicyclic amines) is 1. The van der Waals surface area contributed by atoms with E-state index in [1.807, 2.05) is 13.8 Å². The highest BCUT2D eigenvalue weighted by Gasteiger charge is 2.40. The number of nitrogens with zero attached hydrogens (tertiary/aromatic N) is 2. The fraction of sp³-hybridized carbons (Fsp3) is 0.647. The Kier molecular flexibility index (Phi) is 9.82. The highest BCUT2D eigenvalue weighted by molar-refractivity contribution is 8.00. The number of thioether (sulfide) groups is 1. The molecule has 8 heteroatoms. The zero-order valence-corrected chi connectivity index (χ0v) is 16.4. The standard InChI is InChI=1S/C17H25ClN2O4S/c1-4-7-13(19-24-9-6-8-18)16-14(21)10-20(11-15(16)22)17(23)12(3)25-5-2/h6,8,12,16H,4-5,7,9-11H2,1-3H3. The molecule has 1 amide bonds. The SMILES string of the molecule is CCCC(=NOCC=CCl)C1C(=O)CN(C(=O)C(C)SCC)CC1=O. The average Bonchev–Trinajstić information content (AvgIpc) is 2.57. The molecule has 1 rings (SSSR count). The van der Waals surface area contributed by atoms with Gasteiger partial charge in [0.1, 0.15) is 12.5 Å². The van der Waals surface area contributed by atoms with Crippen LogP contribution < -0.4 is 0 Å². The van der Waals surface area contributed by atoms with Gasteiger partial charge in [-0.15, -0.1) is 11.8 Å². The highest BCUT2D eigenvalue weighted by Crippen LogP contribution is 2.20. The Morgan fingerprint density at radius 3 is 2.56 bits per heavy atom. The molecule has 0 radical (unpaired) electrons. The molecule has 0 bridgehead atoms. The van der Waals surface area contributed by atoms with Crippen LogP contribution in [0.4, 0.5) is 0 Å². The summed E-state index contributed by atoms with van der Waals surface area (Å²) < 4.78 is 0. The second kappa shape index (κ2) is 11.3. The molecule has 1 unspecified atom stereocenters. The molecule has 1 saturated heterocycles. The first kappa shape index (κ1) is 21.7. The molecule has 140 valence electrons. The molecule has 0 aliphatic carbocycles. The maximum atomic E-state index is 12.5. The minimum absolute atomic E-state index is 0.0613. The first-order valence-electron chi connectivity index (χ1n) is 8.35. The number of amides is 1. The number of halogens is 1. The van der Waals surface area contributed by atoms with E-state index < -0.39 is 5.92 Å². The number of hydrogen-bond acceptors (Lipinski definition) is 6. The van der Waals surface area contributed by atoms with Crippen molar-refractivity contribution in [2.45, 2.75) is 38.9 Å². The normalized spacial score (nSPS) is 18.1. The summed E-state index contributed by atoms with van der Waals surface area (Å²) in [4.78, 5) is 43.8. The summed E-state index contributed by atoms with van der Waals surface area (Å²) in [6, 6.07) is 0. The van der Waals surface area contributed by atoms with Crippen LogP contribution in [0.1, 0.15) is 33.6 Å². The number of piperidine rings is 1. The Labute approximate surface area is 158 Å². The lowest BCUT2D eigenvalue weighted by Crippen LogP contribution is -2.53. The van der Waals surface area contributed by atoms with Gasteiger partial charge in [0.2, 0.25) is 5.91 Å². The molecule has 1 atom stereocenters. The lowest BCUT2D eigenvalue weighted by atomic mass is 9.87. The summed E-state index contributed by atoms with van der Waals surface area (Å²) in [5, 5.41) is 3.70. The first-order valence-corrected chi connectivity index (χ1v) is 9.84. The van der Waals surface area contributed by atoms with Crippen LogP contribution in [0.5, 0.6) is 0 Å². The van der Waals surface area contributed by atoms with E-state index in [1.54, 1.807) is 13.0 Å². The van der Waals surface area contributed by atoms with E-state index in [0.717, 1.165) is 12.2 Å². The van der Waals surface area contributed by atoms with E-state index in [-0.39, 0.29) is 42.4 Å². The lowest BCUT2D eigenvalue weighted by molar-refractivity contribution is -0.144. The van der Waals surface area contributed by atoms with Gasteiger partial charge in [-0.3, -0.25) is 14.4 Å². The van der Waals surface area contributed by atoms with Gasteiger partial charge in [0.05, 0.1) is 24.1 Å². The van der Waals surface area contributed by atoms with E-state index in [0.29, 0.717) is 12.1 Å². The van der Waals surface area contributed by atoms with Crippen LogP contribution in [0, 0.1) is 5.92 Å². The topological polar surface area (TPSA) is 76.0 Å². The quantitative estimate of drug-likeness (QED) is 0.262. The smallest absolute Gasteiger partial charge is 0.236 e. The van der Waals surface area contributed by atoms with Gasteiger partial charge >= 0.3 is 0 Å². The molecule has 0 saturated carbocycles. The van der Waals surface area contributed by atoms with Crippen molar-refractivity contribution in [3.63, 3.8) is 0 Å². The van der Waals surface area contributed by atoms with Gasteiger partial charge in [-0.05, 0) is 25.2 Å². The van der Waals surface area contributed by atoms with Crippen molar-refractivity contribution in [2.75, 3.05) is 25.4 Å². The number of Topliss-reactive ketones (excluding diaryl/α,β-unsaturated/α-hetero) is 2. The first-order chi connectivity index (χ1) is 12.0. The molecule has 1 fully saturated rings. The van der Waals surface area contributed by atoms with Gasteiger partial charge in [-0.2, -0.15) is 0 Å². The largest absolute Gasteiger partial charge is 0.392 e. The van der Waals surface area contributed by atoms with Crippen molar-refractivity contribution >= 4 is 46.5 Å². The predicted molar refractivity (Wildman–Crippen MR) is 101 cm³/mol. The van der Waals surface area contributed by atoms with Gasteiger partial charge in [-0.1, -0.05) is 37.0 Å². The Morgan fingerprint density at radius 1 is 1.40 bits per heavy atom. The van der Waals surface area contributed by atoms with Crippen molar-refractivity contribution < 1.29 is 19.2 Å². The maximum Gasteiger partial charge on any atom is 0.236 e. The number of ketones is 2. The number of hydrogen-bond donors (Lipinski definition) is 0. The van der Waals surface area contributed by atoms with E-state index in [4.69, 9.17) is 16.4 Å². The molecular weight excluding hydrogens is 364 g/mol. The van der Waals surface area contributed by atoms with Gasteiger partial charge in [-0.25, -0.2) is 0 Å². The van der Waals surface area contributed by atoms with Gasteiger partial charge in [0, 0.05) is 5.54 Å². The molecule has 1 heterocycles. The molecule has 0 aromatic carbocycles. The molecule has 0 aromatic heterocycles. The van der Waals surface area contributed by atoms with Crippen molar-refractivity contribution in [1.29, 1.82) is 0 Å². The maximum absolute atomic E-state index is 12.5. The molecule has 0 aromatic rings. The second-order valence-electron chi connectivity index (χ2n) is 5.65. The Bertz CT molecular complexity index is 533. The van der Waals surface area contributed by atoms with Gasteiger partial charge in [0.15, 0.2) is 11.6 Å². The fourth-order valence-electron chi connectivity index (χ4n) is 2.60. The van der Waals surface area contributed by atoms with E-state index in [2.05, 4.69) is 5.16 Å². The van der Waals surface area contributed by atoms with Crippen molar-refractivity contribution in [3.05, 3.63) is 11.6 Å². The third-order valence-electron chi connectivity index (χ3n) is 3.69. The van der Waals surface area contributed by atoms with Crippen LogP contribution in [-0.4, -0.2) is 58.8 Å². The Hall–Kier alpha value is -1.34. The molecule has 6 nitrogen and oxygen atoms in total. The van der Waals surface area contributed by atoms with Crippen LogP contribution >= 0.6 is 23.4 Å². The average molecular weight is 389 g/mol. The molecule has 0 N–H and O–H groups in total. The second-order valence-corrected chi connectivity index (χ2v) is 7.52. The summed E-state index contributed by atoms with van der Waals surface area (Å²) in [5.74, 6) is -0.904. The fourth-order valence-corrected chi connectivity index (χ4v) is 3.46.